The fourth-order valence-corrected chi connectivity index (χ4v) is 3.55. The highest BCUT2D eigenvalue weighted by Gasteiger charge is 2.18. The summed E-state index contributed by atoms with van der Waals surface area (Å²) in [5, 5.41) is 17.3. The normalized spacial score (nSPS) is 17.0. The van der Waals surface area contributed by atoms with Gasteiger partial charge in [-0.25, -0.2) is 0 Å². The first-order valence-corrected chi connectivity index (χ1v) is 9.14. The molecule has 8 nitrogen and oxygen atoms in total. The lowest BCUT2D eigenvalue weighted by atomic mass is 9.96. The van der Waals surface area contributed by atoms with Gasteiger partial charge in [-0.3, -0.25) is 19.7 Å². The van der Waals surface area contributed by atoms with Crippen molar-refractivity contribution in [2.45, 2.75) is 24.2 Å². The summed E-state index contributed by atoms with van der Waals surface area (Å²) in [5.41, 5.74) is 4.99. The van der Waals surface area contributed by atoms with Gasteiger partial charge in [0, 0.05) is 18.2 Å². The molecular formula is C16H22N4O4S. The summed E-state index contributed by atoms with van der Waals surface area (Å²) in [6.45, 7) is 2.66. The average Bonchev–Trinajstić information content (AvgIpc) is 2.60. The van der Waals surface area contributed by atoms with Crippen molar-refractivity contribution < 1.29 is 14.5 Å². The molecule has 1 atom stereocenters. The molecule has 9 heteroatoms. The molecule has 2 amide bonds. The highest BCUT2D eigenvalue weighted by Crippen LogP contribution is 2.29. The van der Waals surface area contributed by atoms with Crippen LogP contribution in [0.2, 0.25) is 0 Å². The Hall–Kier alpha value is -2.13. The van der Waals surface area contributed by atoms with E-state index in [0.717, 1.165) is 37.3 Å². The smallest absolute Gasteiger partial charge is 0.283 e. The van der Waals surface area contributed by atoms with Crippen LogP contribution < -0.4 is 16.4 Å². The molecule has 1 fully saturated rings. The number of nitro benzene ring substituents is 1. The molecule has 1 unspecified atom stereocenters. The maximum absolute atomic E-state index is 11.9. The summed E-state index contributed by atoms with van der Waals surface area (Å²) >= 11 is 1.07. The highest BCUT2D eigenvalue weighted by atomic mass is 32.2. The zero-order chi connectivity index (χ0) is 18.2. The quantitative estimate of drug-likeness (QED) is 0.361. The van der Waals surface area contributed by atoms with Crippen molar-refractivity contribution in [2.75, 3.05) is 25.4 Å². The summed E-state index contributed by atoms with van der Waals surface area (Å²) in [6.07, 6.45) is 3.27. The van der Waals surface area contributed by atoms with Crippen LogP contribution in [-0.4, -0.2) is 42.1 Å². The Balaban J connectivity index is 1.82. The number of piperidine rings is 1. The molecule has 0 aromatic heterocycles. The predicted molar refractivity (Wildman–Crippen MR) is 95.6 cm³/mol. The van der Waals surface area contributed by atoms with E-state index in [9.17, 15) is 19.7 Å². The Labute approximate surface area is 150 Å². The number of nitrogens with two attached hydrogens (primary N) is 1. The van der Waals surface area contributed by atoms with E-state index in [1.165, 1.54) is 25.0 Å². The van der Waals surface area contributed by atoms with Crippen molar-refractivity contribution in [3.8, 4) is 0 Å². The van der Waals surface area contributed by atoms with Crippen LogP contribution in [0, 0.1) is 16.0 Å². The Morgan fingerprint density at radius 3 is 2.88 bits per heavy atom. The van der Waals surface area contributed by atoms with Crippen LogP contribution >= 0.6 is 11.8 Å². The summed E-state index contributed by atoms with van der Waals surface area (Å²) in [5.74, 6) is -0.222. The second kappa shape index (κ2) is 9.38. The first-order chi connectivity index (χ1) is 12.0. The lowest BCUT2D eigenvalue weighted by Gasteiger charge is -2.22. The van der Waals surface area contributed by atoms with Crippen LogP contribution in [-0.2, 0) is 4.79 Å². The van der Waals surface area contributed by atoms with Gasteiger partial charge < -0.3 is 16.4 Å². The van der Waals surface area contributed by atoms with Gasteiger partial charge in [-0.1, -0.05) is 0 Å². The molecular weight excluding hydrogens is 344 g/mol. The monoisotopic (exact) mass is 366 g/mol. The van der Waals surface area contributed by atoms with Crippen molar-refractivity contribution in [1.82, 2.24) is 10.6 Å². The SMILES string of the molecule is NC(=O)c1ccc(SCC(=O)NCCC2CCCNC2)c([N+](=O)[O-])c1. The first-order valence-electron chi connectivity index (χ1n) is 8.16. The summed E-state index contributed by atoms with van der Waals surface area (Å²) in [4.78, 5) is 33.9. The molecule has 1 aliphatic rings. The number of amides is 2. The largest absolute Gasteiger partial charge is 0.366 e. The van der Waals surface area contributed by atoms with E-state index >= 15 is 0 Å². The molecule has 4 N–H and O–H groups in total. The molecule has 1 aromatic rings. The second-order valence-corrected chi connectivity index (χ2v) is 6.96. The van der Waals surface area contributed by atoms with Gasteiger partial charge in [-0.05, 0) is 50.4 Å². The van der Waals surface area contributed by atoms with Crippen LogP contribution in [0.3, 0.4) is 0 Å². The fraction of sp³-hybridized carbons (Fsp3) is 0.500. The third-order valence-corrected chi connectivity index (χ3v) is 5.14. The summed E-state index contributed by atoms with van der Waals surface area (Å²) in [7, 11) is 0. The minimum absolute atomic E-state index is 0.0709. The molecule has 2 rings (SSSR count). The molecule has 1 aromatic carbocycles. The van der Waals surface area contributed by atoms with Crippen LogP contribution in [0.5, 0.6) is 0 Å². The molecule has 0 bridgehead atoms. The Kier molecular flexibility index (Phi) is 7.20. The van der Waals surface area contributed by atoms with Crippen LogP contribution in [0.25, 0.3) is 0 Å². The number of hydrogen-bond acceptors (Lipinski definition) is 6. The van der Waals surface area contributed by atoms with Crippen molar-refractivity contribution in [2.24, 2.45) is 11.7 Å². The lowest BCUT2D eigenvalue weighted by Crippen LogP contribution is -2.33. The second-order valence-electron chi connectivity index (χ2n) is 5.94. The van der Waals surface area contributed by atoms with Crippen LogP contribution in [0.1, 0.15) is 29.6 Å². The highest BCUT2D eigenvalue weighted by molar-refractivity contribution is 8.00. The van der Waals surface area contributed by atoms with Gasteiger partial charge in [0.05, 0.1) is 15.6 Å². The molecule has 0 aliphatic carbocycles. The molecule has 1 saturated heterocycles. The predicted octanol–water partition coefficient (Wildman–Crippen LogP) is 1.29. The van der Waals surface area contributed by atoms with E-state index in [4.69, 9.17) is 5.73 Å². The Bertz CT molecular complexity index is 647. The number of benzene rings is 1. The number of hydrogen-bond donors (Lipinski definition) is 3. The molecule has 136 valence electrons. The van der Waals surface area contributed by atoms with Gasteiger partial charge >= 0.3 is 0 Å². The van der Waals surface area contributed by atoms with Crippen LogP contribution in [0.15, 0.2) is 23.1 Å². The third-order valence-electron chi connectivity index (χ3n) is 4.07. The molecule has 0 spiro atoms. The number of thioether (sulfide) groups is 1. The van der Waals surface area contributed by atoms with Crippen molar-refractivity contribution in [3.05, 3.63) is 33.9 Å². The lowest BCUT2D eigenvalue weighted by molar-refractivity contribution is -0.387. The van der Waals surface area contributed by atoms with E-state index in [-0.39, 0.29) is 22.9 Å². The fourth-order valence-electron chi connectivity index (χ4n) is 2.72. The number of nitro groups is 1. The van der Waals surface area contributed by atoms with Gasteiger partial charge in [-0.15, -0.1) is 11.8 Å². The molecule has 1 heterocycles. The molecule has 0 radical (unpaired) electrons. The topological polar surface area (TPSA) is 127 Å². The van der Waals surface area contributed by atoms with Crippen molar-refractivity contribution in [1.29, 1.82) is 0 Å². The maximum atomic E-state index is 11.9. The standard InChI is InChI=1S/C16H22N4O4S/c17-16(22)12-3-4-14(13(8-12)20(23)24)25-10-15(21)19-7-5-11-2-1-6-18-9-11/h3-4,8,11,18H,1-2,5-7,9-10H2,(H2,17,22)(H,19,21). The number of primary amides is 1. The molecule has 25 heavy (non-hydrogen) atoms. The number of rotatable bonds is 8. The van der Waals surface area contributed by atoms with E-state index in [1.807, 2.05) is 0 Å². The Morgan fingerprint density at radius 2 is 2.24 bits per heavy atom. The number of carbonyl (C=O) groups is 2. The minimum atomic E-state index is -0.727. The summed E-state index contributed by atoms with van der Waals surface area (Å²) in [6, 6.07) is 4.01. The number of carbonyl (C=O) groups excluding carboxylic acids is 2. The van der Waals surface area contributed by atoms with Gasteiger partial charge in [0.15, 0.2) is 0 Å². The van der Waals surface area contributed by atoms with Crippen molar-refractivity contribution in [3.63, 3.8) is 0 Å². The molecule has 0 saturated carbocycles. The number of nitrogens with zero attached hydrogens (tertiary/aromatic N) is 1. The van der Waals surface area contributed by atoms with E-state index in [0.29, 0.717) is 17.4 Å². The zero-order valence-electron chi connectivity index (χ0n) is 13.8. The summed E-state index contributed by atoms with van der Waals surface area (Å²) < 4.78 is 0. The van der Waals surface area contributed by atoms with Gasteiger partial charge in [0.1, 0.15) is 0 Å². The van der Waals surface area contributed by atoms with E-state index in [1.54, 1.807) is 0 Å². The number of nitrogens with one attached hydrogen (secondary N) is 2. The first kappa shape index (κ1) is 19.2. The van der Waals surface area contributed by atoms with E-state index < -0.39 is 10.8 Å². The molecule has 1 aliphatic heterocycles. The van der Waals surface area contributed by atoms with E-state index in [2.05, 4.69) is 10.6 Å². The van der Waals surface area contributed by atoms with Gasteiger partial charge in [-0.2, -0.15) is 0 Å². The third kappa shape index (κ3) is 6.02. The van der Waals surface area contributed by atoms with Crippen molar-refractivity contribution >= 4 is 29.3 Å². The van der Waals surface area contributed by atoms with Gasteiger partial charge in [0.25, 0.3) is 5.69 Å². The maximum Gasteiger partial charge on any atom is 0.283 e. The average molecular weight is 366 g/mol. The zero-order valence-corrected chi connectivity index (χ0v) is 14.6. The van der Waals surface area contributed by atoms with Crippen LogP contribution in [0.4, 0.5) is 5.69 Å². The van der Waals surface area contributed by atoms with Gasteiger partial charge in [0.2, 0.25) is 11.8 Å². The Morgan fingerprint density at radius 1 is 1.44 bits per heavy atom. The minimum Gasteiger partial charge on any atom is -0.366 e.